The minimum absolute atomic E-state index is 0.147. The molecule has 118 valence electrons. The summed E-state index contributed by atoms with van der Waals surface area (Å²) in [5, 5.41) is 9.72. The number of fused-ring (bicyclic) bond motifs is 1. The van der Waals surface area contributed by atoms with E-state index in [0.29, 0.717) is 21.9 Å². The predicted molar refractivity (Wildman–Crippen MR) is 83.0 cm³/mol. The number of aromatic nitrogens is 1. The van der Waals surface area contributed by atoms with Crippen molar-refractivity contribution in [3.63, 3.8) is 0 Å². The number of carboxylic acids is 1. The molecule has 3 aromatic rings. The van der Waals surface area contributed by atoms with Gasteiger partial charge in [-0.2, -0.15) is 4.98 Å². The number of carboxylic acid groups (broad SMARTS) is 1. The van der Waals surface area contributed by atoms with Crippen molar-refractivity contribution in [2.24, 2.45) is 0 Å². The Morgan fingerprint density at radius 1 is 1.26 bits per heavy atom. The summed E-state index contributed by atoms with van der Waals surface area (Å²) in [4.78, 5) is 15.4. The van der Waals surface area contributed by atoms with Crippen LogP contribution in [-0.4, -0.2) is 28.8 Å². The number of rotatable bonds is 6. The third kappa shape index (κ3) is 3.73. The molecule has 2 aromatic carbocycles. The smallest absolute Gasteiger partial charge is 0.395 e. The van der Waals surface area contributed by atoms with Crippen molar-refractivity contribution in [3.05, 3.63) is 53.6 Å². The summed E-state index contributed by atoms with van der Waals surface area (Å²) < 4.78 is 16.0. The second-order valence-corrected chi connectivity index (χ2v) is 5.10. The molecule has 0 bridgehead atoms. The van der Waals surface area contributed by atoms with Gasteiger partial charge in [0.15, 0.2) is 5.58 Å². The van der Waals surface area contributed by atoms with E-state index in [0.717, 1.165) is 0 Å². The molecular weight excluding hydrogens is 322 g/mol. The highest BCUT2D eigenvalue weighted by Crippen LogP contribution is 2.24. The molecule has 0 aliphatic heterocycles. The zero-order chi connectivity index (χ0) is 16.2. The van der Waals surface area contributed by atoms with Gasteiger partial charge in [-0.1, -0.05) is 29.8 Å². The van der Waals surface area contributed by atoms with Gasteiger partial charge in [-0.05, 0) is 24.3 Å². The molecule has 0 saturated carbocycles. The average molecular weight is 334 g/mol. The van der Waals surface area contributed by atoms with Crippen molar-refractivity contribution in [1.82, 2.24) is 4.98 Å². The standard InChI is InChI=1S/C16H12ClNO5/c17-10-6-7-12-13(8-10)22-16(18-12)23-14(15(19)20)9-21-11-4-2-1-3-5-11/h1-8,14H,9H2,(H,19,20). The van der Waals surface area contributed by atoms with E-state index in [1.807, 2.05) is 6.07 Å². The number of carbonyl (C=O) groups is 1. The zero-order valence-corrected chi connectivity index (χ0v) is 12.6. The molecule has 7 heteroatoms. The Balaban J connectivity index is 1.72. The molecule has 0 amide bonds. The van der Waals surface area contributed by atoms with Crippen molar-refractivity contribution in [1.29, 1.82) is 0 Å². The molecule has 1 atom stereocenters. The van der Waals surface area contributed by atoms with Crippen molar-refractivity contribution < 1.29 is 23.8 Å². The van der Waals surface area contributed by atoms with E-state index < -0.39 is 12.1 Å². The SMILES string of the molecule is O=C(O)C(COc1ccccc1)Oc1nc2ccc(Cl)cc2o1. The van der Waals surface area contributed by atoms with Crippen molar-refractivity contribution in [3.8, 4) is 11.8 Å². The number of halogens is 1. The molecule has 1 aromatic heterocycles. The second-order valence-electron chi connectivity index (χ2n) is 4.66. The fourth-order valence-electron chi connectivity index (χ4n) is 1.89. The van der Waals surface area contributed by atoms with Crippen molar-refractivity contribution >= 4 is 28.7 Å². The number of hydrogen-bond acceptors (Lipinski definition) is 5. The molecular formula is C16H12ClNO5. The van der Waals surface area contributed by atoms with Gasteiger partial charge in [-0.3, -0.25) is 0 Å². The maximum Gasteiger partial charge on any atom is 0.395 e. The van der Waals surface area contributed by atoms with Gasteiger partial charge in [0.05, 0.1) is 0 Å². The van der Waals surface area contributed by atoms with E-state index in [9.17, 15) is 9.90 Å². The first-order valence-corrected chi connectivity index (χ1v) is 7.13. The summed E-state index contributed by atoms with van der Waals surface area (Å²) in [7, 11) is 0. The predicted octanol–water partition coefficient (Wildman–Crippen LogP) is 3.39. The fraction of sp³-hybridized carbons (Fsp3) is 0.125. The Labute approximate surface area is 136 Å². The highest BCUT2D eigenvalue weighted by molar-refractivity contribution is 6.31. The first-order valence-electron chi connectivity index (χ1n) is 6.75. The molecule has 3 rings (SSSR count). The largest absolute Gasteiger partial charge is 0.489 e. The monoisotopic (exact) mass is 333 g/mol. The van der Waals surface area contributed by atoms with Crippen LogP contribution in [0.25, 0.3) is 11.1 Å². The number of hydrogen-bond donors (Lipinski definition) is 1. The first kappa shape index (κ1) is 15.2. The number of benzene rings is 2. The Bertz CT molecular complexity index is 818. The van der Waals surface area contributed by atoms with Crippen LogP contribution in [0.4, 0.5) is 0 Å². The normalized spacial score (nSPS) is 12.0. The fourth-order valence-corrected chi connectivity index (χ4v) is 2.06. The van der Waals surface area contributed by atoms with Gasteiger partial charge in [0, 0.05) is 11.1 Å². The molecule has 0 fully saturated rings. The number of nitrogens with zero attached hydrogens (tertiary/aromatic N) is 1. The average Bonchev–Trinajstić information content (AvgIpc) is 2.93. The molecule has 0 spiro atoms. The van der Waals surface area contributed by atoms with Gasteiger partial charge in [0.2, 0.25) is 6.10 Å². The van der Waals surface area contributed by atoms with Gasteiger partial charge in [-0.15, -0.1) is 0 Å². The van der Waals surface area contributed by atoms with E-state index >= 15 is 0 Å². The number of oxazole rings is 1. The third-order valence-electron chi connectivity index (χ3n) is 2.99. The van der Waals surface area contributed by atoms with E-state index in [4.69, 9.17) is 25.5 Å². The molecule has 0 radical (unpaired) electrons. The zero-order valence-electron chi connectivity index (χ0n) is 11.8. The van der Waals surface area contributed by atoms with Crippen LogP contribution in [-0.2, 0) is 4.79 Å². The summed E-state index contributed by atoms with van der Waals surface area (Å²) in [6, 6.07) is 13.7. The molecule has 0 aliphatic carbocycles. The van der Waals surface area contributed by atoms with Gasteiger partial charge in [0.1, 0.15) is 17.9 Å². The maximum atomic E-state index is 11.3. The molecule has 0 saturated heterocycles. The quantitative estimate of drug-likeness (QED) is 0.744. The summed E-state index contributed by atoms with van der Waals surface area (Å²) in [5.74, 6) is -0.632. The minimum atomic E-state index is -1.25. The van der Waals surface area contributed by atoms with E-state index in [1.54, 1.807) is 42.5 Å². The van der Waals surface area contributed by atoms with Crippen LogP contribution in [0, 0.1) is 0 Å². The Morgan fingerprint density at radius 3 is 2.78 bits per heavy atom. The van der Waals surface area contributed by atoms with Crippen LogP contribution in [0.5, 0.6) is 11.8 Å². The summed E-state index contributed by atoms with van der Waals surface area (Å²) in [5.41, 5.74) is 0.943. The van der Waals surface area contributed by atoms with E-state index in [2.05, 4.69) is 4.98 Å². The highest BCUT2D eigenvalue weighted by Gasteiger charge is 2.23. The summed E-state index contributed by atoms with van der Waals surface area (Å²) >= 11 is 5.86. The van der Waals surface area contributed by atoms with Crippen LogP contribution in [0.1, 0.15) is 0 Å². The maximum absolute atomic E-state index is 11.3. The molecule has 0 aliphatic rings. The molecule has 6 nitrogen and oxygen atoms in total. The Kier molecular flexibility index (Phi) is 4.34. The number of ether oxygens (including phenoxy) is 2. The van der Waals surface area contributed by atoms with Crippen molar-refractivity contribution in [2.45, 2.75) is 6.10 Å². The van der Waals surface area contributed by atoms with Gasteiger partial charge in [0.25, 0.3) is 0 Å². The van der Waals surface area contributed by atoms with Crippen LogP contribution in [0.2, 0.25) is 5.02 Å². The Morgan fingerprint density at radius 2 is 2.04 bits per heavy atom. The minimum Gasteiger partial charge on any atom is -0.489 e. The van der Waals surface area contributed by atoms with E-state index in [1.165, 1.54) is 0 Å². The highest BCUT2D eigenvalue weighted by atomic mass is 35.5. The van der Waals surface area contributed by atoms with Crippen LogP contribution >= 0.6 is 11.6 Å². The molecule has 1 heterocycles. The summed E-state index contributed by atoms with van der Waals surface area (Å²) in [6.45, 7) is -0.182. The van der Waals surface area contributed by atoms with Crippen LogP contribution in [0.15, 0.2) is 52.9 Å². The van der Waals surface area contributed by atoms with Crippen LogP contribution < -0.4 is 9.47 Å². The first-order chi connectivity index (χ1) is 11.1. The Hall–Kier alpha value is -2.73. The lowest BCUT2D eigenvalue weighted by Gasteiger charge is -2.13. The van der Waals surface area contributed by atoms with Gasteiger partial charge >= 0.3 is 12.0 Å². The van der Waals surface area contributed by atoms with Gasteiger partial charge < -0.3 is 19.0 Å². The third-order valence-corrected chi connectivity index (χ3v) is 3.23. The summed E-state index contributed by atoms with van der Waals surface area (Å²) in [6.07, 6.45) is -1.40. The molecule has 23 heavy (non-hydrogen) atoms. The lowest BCUT2D eigenvalue weighted by atomic mass is 10.3. The second kappa shape index (κ2) is 6.58. The lowest BCUT2D eigenvalue weighted by molar-refractivity contribution is -0.147. The van der Waals surface area contributed by atoms with Crippen molar-refractivity contribution in [2.75, 3.05) is 6.61 Å². The van der Waals surface area contributed by atoms with E-state index in [-0.39, 0.29) is 12.7 Å². The molecule has 1 unspecified atom stereocenters. The lowest BCUT2D eigenvalue weighted by Crippen LogP contribution is -2.33. The molecule has 1 N–H and O–H groups in total. The number of aliphatic carboxylic acids is 1. The number of para-hydroxylation sites is 1. The van der Waals surface area contributed by atoms with Crippen LogP contribution in [0.3, 0.4) is 0 Å². The topological polar surface area (TPSA) is 81.8 Å². The van der Waals surface area contributed by atoms with Gasteiger partial charge in [-0.25, -0.2) is 4.79 Å².